The van der Waals surface area contributed by atoms with Crippen LogP contribution >= 0.6 is 15.9 Å². The Hall–Kier alpha value is -0.780. The fraction of sp³-hybridized carbons (Fsp3) is 0.375. The van der Waals surface area contributed by atoms with Crippen LogP contribution in [0.15, 0.2) is 6.07 Å². The van der Waals surface area contributed by atoms with Crippen molar-refractivity contribution < 1.29 is 17.9 Å². The van der Waals surface area contributed by atoms with Gasteiger partial charge in [0.05, 0.1) is 12.8 Å². The van der Waals surface area contributed by atoms with Gasteiger partial charge in [-0.2, -0.15) is 0 Å². The number of methoxy groups -OCH3 is 1. The molecule has 78 valence electrons. The number of nitrogens with zero attached hydrogens (tertiary/aromatic N) is 1. The van der Waals surface area contributed by atoms with Crippen LogP contribution in [0.1, 0.15) is 17.8 Å². The standard InChI is InChI=1S/C8H7BrF3NO/c1-14-6-2-4(8(11)12)13-5(3-9)7(6)10/h2,8H,3H2,1H3. The average Bonchev–Trinajstić information content (AvgIpc) is 2.17. The smallest absolute Gasteiger partial charge is 0.280 e. The molecule has 1 aromatic rings. The van der Waals surface area contributed by atoms with Crippen molar-refractivity contribution in [3.8, 4) is 5.75 Å². The largest absolute Gasteiger partial charge is 0.494 e. The van der Waals surface area contributed by atoms with Crippen molar-refractivity contribution in [1.29, 1.82) is 0 Å². The summed E-state index contributed by atoms with van der Waals surface area (Å²) in [7, 11) is 1.21. The highest BCUT2D eigenvalue weighted by Gasteiger charge is 2.17. The maximum absolute atomic E-state index is 13.3. The minimum atomic E-state index is -2.73. The lowest BCUT2D eigenvalue weighted by Gasteiger charge is -2.07. The van der Waals surface area contributed by atoms with Gasteiger partial charge in [-0.05, 0) is 0 Å². The molecule has 0 aromatic carbocycles. The van der Waals surface area contributed by atoms with Crippen molar-refractivity contribution in [2.45, 2.75) is 11.8 Å². The minimum absolute atomic E-state index is 0.0652. The highest BCUT2D eigenvalue weighted by atomic mass is 79.9. The molecule has 0 amide bonds. The molecule has 1 rings (SSSR count). The molecule has 0 N–H and O–H groups in total. The summed E-state index contributed by atoms with van der Waals surface area (Å²) in [6.45, 7) is 0. The van der Waals surface area contributed by atoms with Gasteiger partial charge in [0.15, 0.2) is 11.6 Å². The van der Waals surface area contributed by atoms with Gasteiger partial charge in [0.25, 0.3) is 6.43 Å². The molecule has 2 nitrogen and oxygen atoms in total. The summed E-state index contributed by atoms with van der Waals surface area (Å²) in [4.78, 5) is 3.45. The van der Waals surface area contributed by atoms with E-state index in [9.17, 15) is 13.2 Å². The van der Waals surface area contributed by atoms with Crippen LogP contribution in [0.5, 0.6) is 5.75 Å². The van der Waals surface area contributed by atoms with Crippen molar-refractivity contribution in [2.75, 3.05) is 7.11 Å². The van der Waals surface area contributed by atoms with Gasteiger partial charge in [-0.25, -0.2) is 18.2 Å². The van der Waals surface area contributed by atoms with Crippen LogP contribution in [-0.4, -0.2) is 12.1 Å². The highest BCUT2D eigenvalue weighted by Crippen LogP contribution is 2.26. The van der Waals surface area contributed by atoms with E-state index >= 15 is 0 Å². The van der Waals surface area contributed by atoms with Crippen LogP contribution in [0, 0.1) is 5.82 Å². The van der Waals surface area contributed by atoms with E-state index in [0.717, 1.165) is 6.07 Å². The predicted octanol–water partition coefficient (Wildman–Crippen LogP) is 3.06. The second-order valence-electron chi connectivity index (χ2n) is 2.44. The van der Waals surface area contributed by atoms with Gasteiger partial charge in [-0.15, -0.1) is 0 Å². The van der Waals surface area contributed by atoms with E-state index in [1.54, 1.807) is 0 Å². The number of pyridine rings is 1. The maximum Gasteiger partial charge on any atom is 0.280 e. The number of hydrogen-bond donors (Lipinski definition) is 0. The van der Waals surface area contributed by atoms with Gasteiger partial charge in [0.1, 0.15) is 5.69 Å². The van der Waals surface area contributed by atoms with Gasteiger partial charge in [-0.3, -0.25) is 0 Å². The number of halogens is 4. The van der Waals surface area contributed by atoms with Gasteiger partial charge in [0, 0.05) is 11.4 Å². The summed E-state index contributed by atoms with van der Waals surface area (Å²) in [5.74, 6) is -0.932. The molecule has 0 atom stereocenters. The molecule has 1 aromatic heterocycles. The third kappa shape index (κ3) is 2.17. The van der Waals surface area contributed by atoms with E-state index in [1.807, 2.05) is 0 Å². The summed E-state index contributed by atoms with van der Waals surface area (Å²) in [5.41, 5.74) is -0.572. The fourth-order valence-electron chi connectivity index (χ4n) is 0.926. The molecule has 0 aliphatic rings. The van der Waals surface area contributed by atoms with Gasteiger partial charge in [0.2, 0.25) is 0 Å². The molecule has 14 heavy (non-hydrogen) atoms. The fourth-order valence-corrected chi connectivity index (χ4v) is 1.30. The molecule has 0 spiro atoms. The average molecular weight is 270 g/mol. The number of ether oxygens (including phenoxy) is 1. The van der Waals surface area contributed by atoms with E-state index < -0.39 is 17.9 Å². The van der Waals surface area contributed by atoms with Crippen LogP contribution in [-0.2, 0) is 5.33 Å². The Balaban J connectivity index is 3.25. The monoisotopic (exact) mass is 269 g/mol. The van der Waals surface area contributed by atoms with E-state index in [2.05, 4.69) is 25.7 Å². The first-order valence-corrected chi connectivity index (χ1v) is 4.79. The second-order valence-corrected chi connectivity index (χ2v) is 3.01. The predicted molar refractivity (Wildman–Crippen MR) is 48.3 cm³/mol. The highest BCUT2D eigenvalue weighted by molar-refractivity contribution is 9.08. The molecule has 6 heteroatoms. The Morgan fingerprint density at radius 3 is 2.64 bits per heavy atom. The van der Waals surface area contributed by atoms with Crippen LogP contribution in [0.2, 0.25) is 0 Å². The van der Waals surface area contributed by atoms with Crippen LogP contribution in [0.4, 0.5) is 13.2 Å². The molecular weight excluding hydrogens is 263 g/mol. The molecule has 0 radical (unpaired) electrons. The Kier molecular flexibility index (Phi) is 3.74. The molecular formula is C8H7BrF3NO. The lowest BCUT2D eigenvalue weighted by atomic mass is 10.3. The van der Waals surface area contributed by atoms with E-state index in [-0.39, 0.29) is 16.8 Å². The number of rotatable bonds is 3. The summed E-state index contributed by atoms with van der Waals surface area (Å²) >= 11 is 2.95. The van der Waals surface area contributed by atoms with Crippen LogP contribution < -0.4 is 4.74 Å². The number of alkyl halides is 3. The molecule has 0 aliphatic heterocycles. The third-order valence-electron chi connectivity index (χ3n) is 1.58. The zero-order valence-corrected chi connectivity index (χ0v) is 8.82. The first kappa shape index (κ1) is 11.3. The lowest BCUT2D eigenvalue weighted by molar-refractivity contribution is 0.145. The SMILES string of the molecule is COc1cc(C(F)F)nc(CBr)c1F. The van der Waals surface area contributed by atoms with Crippen LogP contribution in [0.25, 0.3) is 0 Å². The Morgan fingerprint density at radius 2 is 2.21 bits per heavy atom. The summed E-state index contributed by atoms with van der Waals surface area (Å²) in [6, 6.07) is 0.895. The second kappa shape index (κ2) is 4.63. The number of hydrogen-bond acceptors (Lipinski definition) is 2. The van der Waals surface area contributed by atoms with Crippen molar-refractivity contribution in [2.24, 2.45) is 0 Å². The molecule has 0 saturated carbocycles. The summed E-state index contributed by atoms with van der Waals surface area (Å²) < 4.78 is 42.4. The van der Waals surface area contributed by atoms with E-state index in [1.165, 1.54) is 7.11 Å². The molecule has 0 fully saturated rings. The van der Waals surface area contributed by atoms with E-state index in [4.69, 9.17) is 0 Å². The molecule has 0 unspecified atom stereocenters. The summed E-state index contributed by atoms with van der Waals surface area (Å²) in [6.07, 6.45) is -2.73. The van der Waals surface area contributed by atoms with Gasteiger partial charge in [-0.1, -0.05) is 15.9 Å². The van der Waals surface area contributed by atoms with E-state index in [0.29, 0.717) is 0 Å². The third-order valence-corrected chi connectivity index (χ3v) is 2.11. The first-order valence-electron chi connectivity index (χ1n) is 3.67. The summed E-state index contributed by atoms with van der Waals surface area (Å²) in [5, 5.41) is 0.0652. The zero-order valence-electron chi connectivity index (χ0n) is 7.23. The number of aromatic nitrogens is 1. The molecule has 0 saturated heterocycles. The Bertz CT molecular complexity index is 307. The zero-order chi connectivity index (χ0) is 10.7. The van der Waals surface area contributed by atoms with Crippen molar-refractivity contribution in [1.82, 2.24) is 4.98 Å². The Labute approximate surface area is 87.2 Å². The first-order chi connectivity index (χ1) is 6.60. The molecule has 0 bridgehead atoms. The topological polar surface area (TPSA) is 22.1 Å². The maximum atomic E-state index is 13.3. The van der Waals surface area contributed by atoms with Gasteiger partial charge >= 0.3 is 0 Å². The molecule has 0 aliphatic carbocycles. The minimum Gasteiger partial charge on any atom is -0.494 e. The quantitative estimate of drug-likeness (QED) is 0.787. The lowest BCUT2D eigenvalue weighted by Crippen LogP contribution is -2.01. The van der Waals surface area contributed by atoms with Crippen LogP contribution in [0.3, 0.4) is 0 Å². The van der Waals surface area contributed by atoms with Gasteiger partial charge < -0.3 is 4.74 Å². The van der Waals surface area contributed by atoms with Crippen molar-refractivity contribution in [3.63, 3.8) is 0 Å². The van der Waals surface area contributed by atoms with Crippen molar-refractivity contribution in [3.05, 3.63) is 23.3 Å². The van der Waals surface area contributed by atoms with Crippen molar-refractivity contribution >= 4 is 15.9 Å². The normalized spacial score (nSPS) is 10.7. The Morgan fingerprint density at radius 1 is 1.57 bits per heavy atom. The molecule has 1 heterocycles.